The van der Waals surface area contributed by atoms with Crippen molar-refractivity contribution in [2.24, 2.45) is 5.41 Å². The molecule has 7 nitrogen and oxygen atoms in total. The van der Waals surface area contributed by atoms with Gasteiger partial charge in [-0.05, 0) is 19.8 Å². The number of anilines is 2. The molecular weight excluding hydrogens is 320 g/mol. The predicted molar refractivity (Wildman–Crippen MR) is 95.0 cm³/mol. The third-order valence-corrected chi connectivity index (χ3v) is 6.10. The molecule has 3 fully saturated rings. The molecule has 1 aromatic rings. The SMILES string of the molecule is CCOC1CC(O)C12CCN(c1cc(N3CCOCC3)ncn1)CC2. The van der Waals surface area contributed by atoms with E-state index in [9.17, 15) is 5.11 Å². The van der Waals surface area contributed by atoms with Gasteiger partial charge in [-0.2, -0.15) is 0 Å². The number of aromatic nitrogens is 2. The average Bonchev–Trinajstić information content (AvgIpc) is 2.69. The molecule has 4 rings (SSSR count). The van der Waals surface area contributed by atoms with E-state index in [-0.39, 0.29) is 17.6 Å². The lowest BCUT2D eigenvalue weighted by molar-refractivity contribution is -0.199. The summed E-state index contributed by atoms with van der Waals surface area (Å²) in [6, 6.07) is 2.08. The number of hydrogen-bond donors (Lipinski definition) is 1. The number of aliphatic hydroxyl groups excluding tert-OH is 1. The number of ether oxygens (including phenoxy) is 2. The lowest BCUT2D eigenvalue weighted by atomic mass is 9.58. The molecule has 2 aliphatic heterocycles. The molecule has 2 unspecified atom stereocenters. The van der Waals surface area contributed by atoms with E-state index < -0.39 is 0 Å². The average molecular weight is 348 g/mol. The molecule has 1 saturated carbocycles. The van der Waals surface area contributed by atoms with Crippen LogP contribution in [-0.2, 0) is 9.47 Å². The van der Waals surface area contributed by atoms with E-state index >= 15 is 0 Å². The number of morpholine rings is 1. The maximum atomic E-state index is 10.3. The third-order valence-electron chi connectivity index (χ3n) is 6.10. The van der Waals surface area contributed by atoms with Crippen LogP contribution in [0.2, 0.25) is 0 Å². The molecule has 0 radical (unpaired) electrons. The molecule has 3 heterocycles. The molecule has 7 heteroatoms. The fraction of sp³-hybridized carbons (Fsp3) is 0.778. The normalized spacial score (nSPS) is 28.9. The highest BCUT2D eigenvalue weighted by Crippen LogP contribution is 2.51. The van der Waals surface area contributed by atoms with E-state index in [1.54, 1.807) is 6.33 Å². The minimum absolute atomic E-state index is 0.0490. The lowest BCUT2D eigenvalue weighted by Crippen LogP contribution is -2.62. The lowest BCUT2D eigenvalue weighted by Gasteiger charge is -2.56. The van der Waals surface area contributed by atoms with Gasteiger partial charge in [0.15, 0.2) is 0 Å². The summed E-state index contributed by atoms with van der Waals surface area (Å²) in [7, 11) is 0. The minimum Gasteiger partial charge on any atom is -0.392 e. The fourth-order valence-corrected chi connectivity index (χ4v) is 4.44. The topological polar surface area (TPSA) is 71.0 Å². The van der Waals surface area contributed by atoms with Crippen molar-refractivity contribution in [3.63, 3.8) is 0 Å². The van der Waals surface area contributed by atoms with E-state index in [4.69, 9.17) is 9.47 Å². The van der Waals surface area contributed by atoms with Crippen LogP contribution in [0.4, 0.5) is 11.6 Å². The molecule has 1 aromatic heterocycles. The Morgan fingerprint density at radius 2 is 1.80 bits per heavy atom. The van der Waals surface area contributed by atoms with E-state index in [0.717, 1.165) is 76.9 Å². The first-order valence-electron chi connectivity index (χ1n) is 9.42. The molecule has 1 aliphatic carbocycles. The van der Waals surface area contributed by atoms with E-state index in [1.807, 2.05) is 6.92 Å². The molecule has 1 spiro atoms. The van der Waals surface area contributed by atoms with Gasteiger partial charge in [0.05, 0.1) is 25.4 Å². The summed E-state index contributed by atoms with van der Waals surface area (Å²) in [5, 5.41) is 10.3. The monoisotopic (exact) mass is 348 g/mol. The second-order valence-electron chi connectivity index (χ2n) is 7.25. The first-order chi connectivity index (χ1) is 12.2. The summed E-state index contributed by atoms with van der Waals surface area (Å²) >= 11 is 0. The van der Waals surface area contributed by atoms with Crippen LogP contribution in [-0.4, -0.2) is 73.3 Å². The van der Waals surface area contributed by atoms with Crippen LogP contribution in [0.25, 0.3) is 0 Å². The molecule has 25 heavy (non-hydrogen) atoms. The minimum atomic E-state index is -0.222. The fourth-order valence-electron chi connectivity index (χ4n) is 4.44. The van der Waals surface area contributed by atoms with Crippen LogP contribution in [0.5, 0.6) is 0 Å². The van der Waals surface area contributed by atoms with Crippen molar-refractivity contribution in [2.75, 3.05) is 55.8 Å². The van der Waals surface area contributed by atoms with Gasteiger partial charge in [0.1, 0.15) is 18.0 Å². The predicted octanol–water partition coefficient (Wildman–Crippen LogP) is 1.07. The Morgan fingerprint density at radius 1 is 1.16 bits per heavy atom. The molecule has 2 atom stereocenters. The van der Waals surface area contributed by atoms with Gasteiger partial charge < -0.3 is 24.4 Å². The van der Waals surface area contributed by atoms with Crippen LogP contribution >= 0.6 is 0 Å². The Balaban J connectivity index is 1.42. The Labute approximate surface area is 149 Å². The highest BCUT2D eigenvalue weighted by Gasteiger charge is 2.56. The number of aliphatic hydroxyl groups is 1. The highest BCUT2D eigenvalue weighted by molar-refractivity contribution is 5.50. The van der Waals surface area contributed by atoms with Gasteiger partial charge in [-0.15, -0.1) is 0 Å². The van der Waals surface area contributed by atoms with Crippen molar-refractivity contribution < 1.29 is 14.6 Å². The van der Waals surface area contributed by atoms with E-state index in [0.29, 0.717) is 0 Å². The Morgan fingerprint density at radius 3 is 2.40 bits per heavy atom. The molecule has 0 bridgehead atoms. The highest BCUT2D eigenvalue weighted by atomic mass is 16.5. The molecule has 0 amide bonds. The van der Waals surface area contributed by atoms with Gasteiger partial charge in [0.25, 0.3) is 0 Å². The molecule has 0 aromatic carbocycles. The van der Waals surface area contributed by atoms with Crippen LogP contribution in [0.15, 0.2) is 12.4 Å². The summed E-state index contributed by atoms with van der Waals surface area (Å²) in [6.07, 6.45) is 4.34. The smallest absolute Gasteiger partial charge is 0.134 e. The summed E-state index contributed by atoms with van der Waals surface area (Å²) in [5.74, 6) is 1.96. The van der Waals surface area contributed by atoms with Gasteiger partial charge in [-0.25, -0.2) is 9.97 Å². The summed E-state index contributed by atoms with van der Waals surface area (Å²) in [4.78, 5) is 13.5. The number of piperidine rings is 1. The first-order valence-corrected chi connectivity index (χ1v) is 9.42. The maximum Gasteiger partial charge on any atom is 0.134 e. The maximum absolute atomic E-state index is 10.3. The molecule has 2 saturated heterocycles. The Bertz CT molecular complexity index is 583. The van der Waals surface area contributed by atoms with Crippen LogP contribution < -0.4 is 9.80 Å². The summed E-state index contributed by atoms with van der Waals surface area (Å²) in [5.41, 5.74) is -0.0490. The standard InChI is InChI=1S/C18H28N4O3/c1-2-25-15-11-14(23)18(15)3-5-21(6-4-18)16-12-17(20-13-19-16)22-7-9-24-10-8-22/h12-15,23H,2-11H2,1H3. The van der Waals surface area contributed by atoms with Gasteiger partial charge in [0, 0.05) is 50.7 Å². The summed E-state index contributed by atoms with van der Waals surface area (Å²) < 4.78 is 11.3. The number of hydrogen-bond acceptors (Lipinski definition) is 7. The van der Waals surface area contributed by atoms with Crippen molar-refractivity contribution in [1.29, 1.82) is 0 Å². The Hall–Kier alpha value is -1.44. The zero-order valence-corrected chi connectivity index (χ0v) is 14.9. The Kier molecular flexibility index (Phi) is 4.80. The molecule has 3 aliphatic rings. The zero-order valence-electron chi connectivity index (χ0n) is 14.9. The van der Waals surface area contributed by atoms with Crippen LogP contribution in [0.1, 0.15) is 26.2 Å². The van der Waals surface area contributed by atoms with Crippen LogP contribution in [0, 0.1) is 5.41 Å². The number of nitrogens with zero attached hydrogens (tertiary/aromatic N) is 4. The second kappa shape index (κ2) is 7.05. The van der Waals surface area contributed by atoms with Gasteiger partial charge in [-0.1, -0.05) is 0 Å². The number of rotatable bonds is 4. The summed E-state index contributed by atoms with van der Waals surface area (Å²) in [6.45, 7) is 7.81. The van der Waals surface area contributed by atoms with Crippen molar-refractivity contribution >= 4 is 11.6 Å². The largest absolute Gasteiger partial charge is 0.392 e. The van der Waals surface area contributed by atoms with Gasteiger partial charge in [-0.3, -0.25) is 0 Å². The zero-order chi connectivity index (χ0) is 17.3. The quantitative estimate of drug-likeness (QED) is 0.873. The molecule has 138 valence electrons. The molecular formula is C18H28N4O3. The van der Waals surface area contributed by atoms with Crippen molar-refractivity contribution in [3.8, 4) is 0 Å². The van der Waals surface area contributed by atoms with Gasteiger partial charge >= 0.3 is 0 Å². The van der Waals surface area contributed by atoms with E-state index in [1.165, 1.54) is 0 Å². The van der Waals surface area contributed by atoms with Crippen molar-refractivity contribution in [1.82, 2.24) is 9.97 Å². The third kappa shape index (κ3) is 3.09. The van der Waals surface area contributed by atoms with E-state index in [2.05, 4.69) is 25.8 Å². The second-order valence-corrected chi connectivity index (χ2v) is 7.25. The van der Waals surface area contributed by atoms with Gasteiger partial charge in [0.2, 0.25) is 0 Å². The van der Waals surface area contributed by atoms with Crippen molar-refractivity contribution in [3.05, 3.63) is 12.4 Å². The van der Waals surface area contributed by atoms with Crippen LogP contribution in [0.3, 0.4) is 0 Å². The van der Waals surface area contributed by atoms with Crippen molar-refractivity contribution in [2.45, 2.75) is 38.4 Å². The first kappa shape index (κ1) is 17.0. The molecule has 1 N–H and O–H groups in total.